The summed E-state index contributed by atoms with van der Waals surface area (Å²) in [7, 11) is 0. The number of aliphatic carboxylic acids is 1. The molecule has 1 heterocycles. The minimum absolute atomic E-state index is 0.353. The molecule has 0 saturated heterocycles. The molecule has 5 nitrogen and oxygen atoms in total. The number of hydrogen-bond acceptors (Lipinski definition) is 3. The molecule has 0 aromatic carbocycles. The minimum Gasteiger partial charge on any atom is -0.480 e. The summed E-state index contributed by atoms with van der Waals surface area (Å²) < 4.78 is 1.64. The van der Waals surface area contributed by atoms with E-state index in [1.807, 2.05) is 0 Å². The normalized spacial score (nSPS) is 19.8. The number of nitrogens with one attached hydrogen (secondary N) is 1. The van der Waals surface area contributed by atoms with Gasteiger partial charge in [-0.05, 0) is 25.8 Å². The Labute approximate surface area is 88.1 Å². The van der Waals surface area contributed by atoms with Crippen molar-refractivity contribution in [3.8, 4) is 0 Å². The van der Waals surface area contributed by atoms with Crippen LogP contribution in [0.2, 0.25) is 0 Å². The van der Waals surface area contributed by atoms with Crippen molar-refractivity contribution in [3.63, 3.8) is 0 Å². The van der Waals surface area contributed by atoms with Gasteiger partial charge in [-0.25, -0.2) is 0 Å². The summed E-state index contributed by atoms with van der Waals surface area (Å²) in [6.45, 7) is 2.06. The number of aromatic nitrogens is 2. The van der Waals surface area contributed by atoms with E-state index in [0.717, 1.165) is 12.8 Å². The first-order valence-corrected chi connectivity index (χ1v) is 5.09. The van der Waals surface area contributed by atoms with E-state index in [4.69, 9.17) is 0 Å². The van der Waals surface area contributed by atoms with Gasteiger partial charge < -0.3 is 5.11 Å². The first kappa shape index (κ1) is 10.2. The second-order valence-electron chi connectivity index (χ2n) is 4.26. The van der Waals surface area contributed by atoms with Crippen LogP contribution < -0.4 is 5.32 Å². The summed E-state index contributed by atoms with van der Waals surface area (Å²) in [5, 5.41) is 16.4. The zero-order valence-electron chi connectivity index (χ0n) is 8.68. The number of rotatable bonds is 5. The van der Waals surface area contributed by atoms with E-state index < -0.39 is 11.5 Å². The van der Waals surface area contributed by atoms with Crippen LogP contribution in [0.4, 0.5) is 0 Å². The lowest BCUT2D eigenvalue weighted by Gasteiger charge is -2.26. The van der Waals surface area contributed by atoms with Gasteiger partial charge >= 0.3 is 5.97 Å². The standard InChI is InChI=1S/C10H15N3O2/c1-10(9(14)15,12-8-3-4-8)7-13-6-2-5-11-13/h2,5-6,8,12H,3-4,7H2,1H3,(H,14,15). The topological polar surface area (TPSA) is 67.2 Å². The molecule has 0 radical (unpaired) electrons. The summed E-state index contributed by atoms with van der Waals surface area (Å²) in [5.41, 5.74) is -0.923. The van der Waals surface area contributed by atoms with Crippen LogP contribution in [0.15, 0.2) is 18.5 Å². The van der Waals surface area contributed by atoms with Crippen LogP contribution in [0.1, 0.15) is 19.8 Å². The van der Waals surface area contributed by atoms with Gasteiger partial charge in [-0.2, -0.15) is 5.10 Å². The molecule has 1 saturated carbocycles. The lowest BCUT2D eigenvalue weighted by molar-refractivity contribution is -0.145. The van der Waals surface area contributed by atoms with E-state index in [0.29, 0.717) is 12.6 Å². The maximum Gasteiger partial charge on any atom is 0.325 e. The lowest BCUT2D eigenvalue weighted by atomic mass is 10.0. The van der Waals surface area contributed by atoms with E-state index in [2.05, 4.69) is 10.4 Å². The van der Waals surface area contributed by atoms with Gasteiger partial charge in [-0.15, -0.1) is 0 Å². The van der Waals surface area contributed by atoms with Crippen molar-refractivity contribution in [3.05, 3.63) is 18.5 Å². The van der Waals surface area contributed by atoms with Gasteiger partial charge in [0.05, 0.1) is 6.54 Å². The molecule has 2 N–H and O–H groups in total. The zero-order valence-corrected chi connectivity index (χ0v) is 8.68. The fraction of sp³-hybridized carbons (Fsp3) is 0.600. The fourth-order valence-electron chi connectivity index (χ4n) is 1.57. The summed E-state index contributed by atoms with van der Waals surface area (Å²) in [4.78, 5) is 11.2. The molecule has 1 aromatic heterocycles. The molecule has 1 atom stereocenters. The van der Waals surface area contributed by atoms with Gasteiger partial charge in [0, 0.05) is 18.4 Å². The largest absolute Gasteiger partial charge is 0.480 e. The summed E-state index contributed by atoms with van der Waals surface area (Å²) in [6, 6.07) is 2.15. The average Bonchev–Trinajstić information content (AvgIpc) is 2.80. The van der Waals surface area contributed by atoms with Crippen LogP contribution >= 0.6 is 0 Å². The van der Waals surface area contributed by atoms with E-state index in [1.54, 1.807) is 30.1 Å². The molecule has 0 spiro atoms. The van der Waals surface area contributed by atoms with Crippen molar-refractivity contribution in [2.24, 2.45) is 0 Å². The SMILES string of the molecule is CC(Cn1cccn1)(NC1CC1)C(=O)O. The first-order valence-electron chi connectivity index (χ1n) is 5.09. The van der Waals surface area contributed by atoms with Gasteiger partial charge in [-0.3, -0.25) is 14.8 Å². The summed E-state index contributed by atoms with van der Waals surface area (Å²) in [6.07, 6.45) is 5.57. The van der Waals surface area contributed by atoms with E-state index in [-0.39, 0.29) is 0 Å². The van der Waals surface area contributed by atoms with Gasteiger partial charge in [0.25, 0.3) is 0 Å². The van der Waals surface area contributed by atoms with Gasteiger partial charge in [-0.1, -0.05) is 0 Å². The fourth-order valence-corrected chi connectivity index (χ4v) is 1.57. The maximum atomic E-state index is 11.2. The van der Waals surface area contributed by atoms with Gasteiger partial charge in [0.1, 0.15) is 5.54 Å². The van der Waals surface area contributed by atoms with Crippen molar-refractivity contribution in [2.45, 2.75) is 37.9 Å². The molecule has 1 aromatic rings. The first-order chi connectivity index (χ1) is 7.10. The van der Waals surface area contributed by atoms with Crippen LogP contribution in [0.3, 0.4) is 0 Å². The van der Waals surface area contributed by atoms with Crippen LogP contribution in [0, 0.1) is 0 Å². The monoisotopic (exact) mass is 209 g/mol. The van der Waals surface area contributed by atoms with Crippen molar-refractivity contribution >= 4 is 5.97 Å². The molecular formula is C10H15N3O2. The third kappa shape index (κ3) is 2.36. The van der Waals surface area contributed by atoms with E-state index >= 15 is 0 Å². The Kier molecular flexibility index (Phi) is 2.48. The molecule has 0 aliphatic heterocycles. The number of hydrogen-bond donors (Lipinski definition) is 2. The minimum atomic E-state index is -0.923. The average molecular weight is 209 g/mol. The van der Waals surface area contributed by atoms with Crippen LogP contribution in [0.25, 0.3) is 0 Å². The summed E-state index contributed by atoms with van der Waals surface area (Å²) in [5.74, 6) is -0.829. The highest BCUT2D eigenvalue weighted by Crippen LogP contribution is 2.23. The Morgan fingerprint density at radius 1 is 1.73 bits per heavy atom. The van der Waals surface area contributed by atoms with Crippen LogP contribution in [-0.4, -0.2) is 32.4 Å². The Balaban J connectivity index is 2.07. The predicted molar refractivity (Wildman–Crippen MR) is 54.4 cm³/mol. The molecule has 1 aliphatic rings. The number of carboxylic acid groups (broad SMARTS) is 1. The number of carboxylic acids is 1. The Hall–Kier alpha value is -1.36. The molecule has 0 amide bonds. The third-order valence-corrected chi connectivity index (χ3v) is 2.61. The van der Waals surface area contributed by atoms with E-state index in [1.165, 1.54) is 0 Å². The molecular weight excluding hydrogens is 194 g/mol. The van der Waals surface area contributed by atoms with Crippen molar-refractivity contribution in [1.82, 2.24) is 15.1 Å². The molecule has 1 aliphatic carbocycles. The van der Waals surface area contributed by atoms with Crippen molar-refractivity contribution in [2.75, 3.05) is 0 Å². The molecule has 82 valence electrons. The Bertz CT molecular complexity index is 346. The molecule has 2 rings (SSSR count). The molecule has 1 unspecified atom stereocenters. The molecule has 15 heavy (non-hydrogen) atoms. The van der Waals surface area contributed by atoms with Crippen molar-refractivity contribution < 1.29 is 9.90 Å². The second kappa shape index (κ2) is 3.66. The molecule has 5 heteroatoms. The highest BCUT2D eigenvalue weighted by molar-refractivity contribution is 5.78. The molecule has 1 fully saturated rings. The van der Waals surface area contributed by atoms with Crippen molar-refractivity contribution in [1.29, 1.82) is 0 Å². The second-order valence-corrected chi connectivity index (χ2v) is 4.26. The Morgan fingerprint density at radius 2 is 2.47 bits per heavy atom. The van der Waals surface area contributed by atoms with Crippen LogP contribution in [0.5, 0.6) is 0 Å². The number of carbonyl (C=O) groups is 1. The Morgan fingerprint density at radius 3 is 2.93 bits per heavy atom. The zero-order chi connectivity index (χ0) is 10.9. The molecule has 0 bridgehead atoms. The number of nitrogens with zero attached hydrogens (tertiary/aromatic N) is 2. The van der Waals surface area contributed by atoms with Gasteiger partial charge in [0.15, 0.2) is 0 Å². The highest BCUT2D eigenvalue weighted by Gasteiger charge is 2.38. The lowest BCUT2D eigenvalue weighted by Crippen LogP contribution is -2.53. The van der Waals surface area contributed by atoms with E-state index in [9.17, 15) is 9.90 Å². The van der Waals surface area contributed by atoms with Gasteiger partial charge in [0.2, 0.25) is 0 Å². The predicted octanol–water partition coefficient (Wildman–Crippen LogP) is 0.478. The maximum absolute atomic E-state index is 11.2. The quantitative estimate of drug-likeness (QED) is 0.740. The summed E-state index contributed by atoms with van der Waals surface area (Å²) >= 11 is 0. The smallest absolute Gasteiger partial charge is 0.325 e. The highest BCUT2D eigenvalue weighted by atomic mass is 16.4. The van der Waals surface area contributed by atoms with Crippen LogP contribution in [-0.2, 0) is 11.3 Å². The third-order valence-electron chi connectivity index (χ3n) is 2.61.